The Morgan fingerprint density at radius 2 is 1.69 bits per heavy atom. The zero-order valence-electron chi connectivity index (χ0n) is 19.0. The maximum Gasteiger partial charge on any atom is 0.269 e. The maximum absolute atomic E-state index is 13.2. The van der Waals surface area contributed by atoms with Crippen LogP contribution >= 0.6 is 0 Å². The van der Waals surface area contributed by atoms with Gasteiger partial charge in [-0.3, -0.25) is 19.7 Å². The number of non-ortho nitro benzene ring substituents is 1. The Kier molecular flexibility index (Phi) is 6.05. The highest BCUT2D eigenvalue weighted by atomic mass is 16.6. The van der Waals surface area contributed by atoms with Crippen molar-refractivity contribution >= 4 is 28.9 Å². The predicted octanol–water partition coefficient (Wildman–Crippen LogP) is 3.48. The number of para-hydroxylation sites is 2. The molecule has 0 aliphatic carbocycles. The Bertz CT molecular complexity index is 1270. The molecule has 2 aliphatic rings. The Labute approximate surface area is 202 Å². The number of fused-ring (bicyclic) bond motifs is 1. The molecule has 1 saturated heterocycles. The fourth-order valence-corrected chi connectivity index (χ4v) is 4.45. The molecule has 0 aromatic heterocycles. The first-order chi connectivity index (χ1) is 17.0. The molecule has 0 N–H and O–H groups in total. The Morgan fingerprint density at radius 1 is 0.943 bits per heavy atom. The first-order valence-electron chi connectivity index (χ1n) is 11.4. The predicted molar refractivity (Wildman–Crippen MR) is 131 cm³/mol. The summed E-state index contributed by atoms with van der Waals surface area (Å²) < 4.78 is 5.52. The van der Waals surface area contributed by atoms with Crippen molar-refractivity contribution in [3.05, 3.63) is 94.0 Å². The van der Waals surface area contributed by atoms with E-state index in [9.17, 15) is 19.7 Å². The second-order valence-electron chi connectivity index (χ2n) is 8.49. The highest BCUT2D eigenvalue weighted by Crippen LogP contribution is 2.32. The Morgan fingerprint density at radius 3 is 2.43 bits per heavy atom. The SMILES string of the molecule is O=C(c1cccc(CN2C(=O)COc3ccccc32)c1)N1CCN(c2ccc([N+](=O)[O-])cc2)CC1. The van der Waals surface area contributed by atoms with Crippen LogP contribution in [-0.4, -0.2) is 54.4 Å². The summed E-state index contributed by atoms with van der Waals surface area (Å²) in [7, 11) is 0. The number of anilines is 2. The molecule has 1 fully saturated rings. The van der Waals surface area contributed by atoms with Crippen molar-refractivity contribution in [3.63, 3.8) is 0 Å². The van der Waals surface area contributed by atoms with Crippen molar-refractivity contribution in [1.29, 1.82) is 0 Å². The van der Waals surface area contributed by atoms with Crippen molar-refractivity contribution in [2.45, 2.75) is 6.54 Å². The first kappa shape index (κ1) is 22.4. The number of amides is 2. The molecule has 0 radical (unpaired) electrons. The second kappa shape index (κ2) is 9.46. The molecule has 2 amide bonds. The number of nitrogens with zero attached hydrogens (tertiary/aromatic N) is 4. The van der Waals surface area contributed by atoms with Gasteiger partial charge in [0, 0.05) is 49.6 Å². The largest absolute Gasteiger partial charge is 0.482 e. The molecule has 0 spiro atoms. The number of hydrogen-bond donors (Lipinski definition) is 0. The standard InChI is InChI=1S/C26H24N4O5/c31-25-18-35-24-7-2-1-6-23(24)29(25)17-19-4-3-5-20(16-19)26(32)28-14-12-27(13-15-28)21-8-10-22(11-9-21)30(33)34/h1-11,16H,12-15,17-18H2. The third-order valence-corrected chi connectivity index (χ3v) is 6.32. The highest BCUT2D eigenvalue weighted by molar-refractivity contribution is 5.98. The monoisotopic (exact) mass is 472 g/mol. The molecule has 0 unspecified atom stereocenters. The molecule has 0 saturated carbocycles. The van der Waals surface area contributed by atoms with Crippen molar-refractivity contribution in [3.8, 4) is 5.75 Å². The van der Waals surface area contributed by atoms with Crippen molar-refractivity contribution in [2.75, 3.05) is 42.6 Å². The van der Waals surface area contributed by atoms with Crippen LogP contribution in [0.1, 0.15) is 15.9 Å². The topological polar surface area (TPSA) is 96.2 Å². The van der Waals surface area contributed by atoms with Crippen LogP contribution in [0.2, 0.25) is 0 Å². The van der Waals surface area contributed by atoms with Crippen molar-refractivity contribution in [2.24, 2.45) is 0 Å². The molecule has 2 aliphatic heterocycles. The van der Waals surface area contributed by atoms with Crippen molar-refractivity contribution in [1.82, 2.24) is 4.90 Å². The number of nitro benzene ring substituents is 1. The summed E-state index contributed by atoms with van der Waals surface area (Å²) >= 11 is 0. The number of rotatable bonds is 5. The number of hydrogen-bond acceptors (Lipinski definition) is 6. The molecule has 35 heavy (non-hydrogen) atoms. The second-order valence-corrected chi connectivity index (χ2v) is 8.49. The van der Waals surface area contributed by atoms with Gasteiger partial charge in [-0.1, -0.05) is 24.3 Å². The minimum absolute atomic E-state index is 0.00528. The van der Waals surface area contributed by atoms with Gasteiger partial charge in [0.25, 0.3) is 17.5 Å². The summed E-state index contributed by atoms with van der Waals surface area (Å²) in [5.74, 6) is 0.497. The molecule has 3 aromatic rings. The summed E-state index contributed by atoms with van der Waals surface area (Å²) in [6.45, 7) is 2.73. The Hall–Kier alpha value is -4.40. The van der Waals surface area contributed by atoms with Gasteiger partial charge in [0.1, 0.15) is 5.75 Å². The van der Waals surface area contributed by atoms with Gasteiger partial charge < -0.3 is 19.4 Å². The summed E-state index contributed by atoms with van der Waals surface area (Å²) in [6.07, 6.45) is 0. The van der Waals surface area contributed by atoms with E-state index in [1.165, 1.54) is 12.1 Å². The minimum atomic E-state index is -0.414. The quantitative estimate of drug-likeness (QED) is 0.417. The van der Waals surface area contributed by atoms with Crippen LogP contribution in [0.25, 0.3) is 0 Å². The molecule has 9 nitrogen and oxygen atoms in total. The Balaban J connectivity index is 1.24. The van der Waals surface area contributed by atoms with E-state index >= 15 is 0 Å². The smallest absolute Gasteiger partial charge is 0.269 e. The van der Waals surface area contributed by atoms with Gasteiger partial charge in [0.05, 0.1) is 17.2 Å². The van der Waals surface area contributed by atoms with Gasteiger partial charge >= 0.3 is 0 Å². The van der Waals surface area contributed by atoms with E-state index in [2.05, 4.69) is 4.90 Å². The van der Waals surface area contributed by atoms with Crippen molar-refractivity contribution < 1.29 is 19.2 Å². The molecule has 0 bridgehead atoms. The van der Waals surface area contributed by atoms with E-state index in [1.807, 2.05) is 47.4 Å². The van der Waals surface area contributed by atoms with Gasteiger partial charge in [-0.25, -0.2) is 0 Å². The lowest BCUT2D eigenvalue weighted by Crippen LogP contribution is -2.48. The van der Waals surface area contributed by atoms with Crippen LogP contribution < -0.4 is 14.5 Å². The van der Waals surface area contributed by atoms with Crippen LogP contribution in [0.15, 0.2) is 72.8 Å². The number of carbonyl (C=O) groups is 2. The van der Waals surface area contributed by atoms with Gasteiger partial charge in [-0.2, -0.15) is 0 Å². The van der Waals surface area contributed by atoms with Gasteiger partial charge in [-0.05, 0) is 42.0 Å². The van der Waals surface area contributed by atoms with Gasteiger partial charge in [-0.15, -0.1) is 0 Å². The zero-order valence-corrected chi connectivity index (χ0v) is 19.0. The summed E-state index contributed by atoms with van der Waals surface area (Å²) in [6, 6.07) is 21.3. The van der Waals surface area contributed by atoms with E-state index in [-0.39, 0.29) is 24.1 Å². The molecule has 5 rings (SSSR count). The average Bonchev–Trinajstić information content (AvgIpc) is 2.90. The number of benzene rings is 3. The normalized spacial score (nSPS) is 15.4. The molecule has 3 aromatic carbocycles. The van der Waals surface area contributed by atoms with Crippen LogP contribution in [0.4, 0.5) is 17.1 Å². The van der Waals surface area contributed by atoms with E-state index in [4.69, 9.17) is 4.74 Å². The molecular weight excluding hydrogens is 448 g/mol. The van der Waals surface area contributed by atoms with E-state index < -0.39 is 4.92 Å². The van der Waals surface area contributed by atoms with E-state index in [1.54, 1.807) is 23.1 Å². The number of nitro groups is 1. The van der Waals surface area contributed by atoms with Gasteiger partial charge in [0.2, 0.25) is 0 Å². The van der Waals surface area contributed by atoms with Crippen LogP contribution in [-0.2, 0) is 11.3 Å². The lowest BCUT2D eigenvalue weighted by molar-refractivity contribution is -0.384. The lowest BCUT2D eigenvalue weighted by Gasteiger charge is -2.36. The molecular formula is C26H24N4O5. The first-order valence-corrected chi connectivity index (χ1v) is 11.4. The molecule has 2 heterocycles. The summed E-state index contributed by atoms with van der Waals surface area (Å²) in [5.41, 5.74) is 3.14. The fraction of sp³-hybridized carbons (Fsp3) is 0.231. The molecule has 9 heteroatoms. The minimum Gasteiger partial charge on any atom is -0.482 e. The lowest BCUT2D eigenvalue weighted by atomic mass is 10.1. The maximum atomic E-state index is 13.2. The molecule has 178 valence electrons. The van der Waals surface area contributed by atoms with Crippen LogP contribution in [0.5, 0.6) is 5.75 Å². The highest BCUT2D eigenvalue weighted by Gasteiger charge is 2.26. The third-order valence-electron chi connectivity index (χ3n) is 6.32. The molecule has 0 atom stereocenters. The summed E-state index contributed by atoms with van der Waals surface area (Å²) in [4.78, 5) is 41.8. The third kappa shape index (κ3) is 4.65. The van der Waals surface area contributed by atoms with E-state index in [0.29, 0.717) is 44.0 Å². The number of piperazine rings is 1. The van der Waals surface area contributed by atoms with E-state index in [0.717, 1.165) is 16.9 Å². The number of carbonyl (C=O) groups excluding carboxylic acids is 2. The number of ether oxygens (including phenoxy) is 1. The summed E-state index contributed by atoms with van der Waals surface area (Å²) in [5, 5.41) is 10.9. The van der Waals surface area contributed by atoms with Crippen LogP contribution in [0.3, 0.4) is 0 Å². The zero-order chi connectivity index (χ0) is 24.4. The van der Waals surface area contributed by atoms with Crippen LogP contribution in [0, 0.1) is 10.1 Å². The van der Waals surface area contributed by atoms with Gasteiger partial charge in [0.15, 0.2) is 6.61 Å². The average molecular weight is 473 g/mol. The fourth-order valence-electron chi connectivity index (χ4n) is 4.45.